The summed E-state index contributed by atoms with van der Waals surface area (Å²) < 4.78 is 15.2. The second-order valence-corrected chi connectivity index (χ2v) is 8.50. The molecule has 3 heterocycles. The third kappa shape index (κ3) is 4.55. The van der Waals surface area contributed by atoms with Gasteiger partial charge in [-0.2, -0.15) is 0 Å². The molecule has 1 aliphatic heterocycles. The van der Waals surface area contributed by atoms with E-state index >= 15 is 4.39 Å². The number of nitrogens with zero attached hydrogens (tertiary/aromatic N) is 4. The van der Waals surface area contributed by atoms with Crippen LogP contribution in [-0.4, -0.2) is 40.0 Å². The van der Waals surface area contributed by atoms with Gasteiger partial charge >= 0.3 is 0 Å². The van der Waals surface area contributed by atoms with Gasteiger partial charge in [-0.05, 0) is 73.3 Å². The summed E-state index contributed by atoms with van der Waals surface area (Å²) >= 11 is 6.18. The fourth-order valence-electron chi connectivity index (χ4n) is 4.20. The molecule has 1 saturated heterocycles. The number of fused-ring (bicyclic) bond motifs is 1. The van der Waals surface area contributed by atoms with E-state index in [0.717, 1.165) is 30.2 Å². The minimum Gasteiger partial charge on any atom is -0.324 e. The SMILES string of the molecule is O=C(c1ccc(Nc2ncccn2)cc1F)N(c1nccc2cc(Cl)ccc12)C1CCCNC1. The summed E-state index contributed by atoms with van der Waals surface area (Å²) in [4.78, 5) is 28.1. The zero-order valence-corrected chi connectivity index (χ0v) is 19.0. The smallest absolute Gasteiger partial charge is 0.262 e. The van der Waals surface area contributed by atoms with Crippen molar-refractivity contribution in [2.24, 2.45) is 0 Å². The van der Waals surface area contributed by atoms with Crippen LogP contribution in [0.1, 0.15) is 23.2 Å². The normalized spacial score (nSPS) is 15.8. The molecule has 0 bridgehead atoms. The number of carbonyl (C=O) groups is 1. The third-order valence-electron chi connectivity index (χ3n) is 5.81. The summed E-state index contributed by atoms with van der Waals surface area (Å²) in [5, 5.41) is 8.52. The van der Waals surface area contributed by atoms with Gasteiger partial charge in [0.2, 0.25) is 5.95 Å². The van der Waals surface area contributed by atoms with Crippen molar-refractivity contribution in [1.82, 2.24) is 20.3 Å². The average molecular weight is 477 g/mol. The highest BCUT2D eigenvalue weighted by Crippen LogP contribution is 2.31. The number of halogens is 2. The molecule has 7 nitrogen and oxygen atoms in total. The highest BCUT2D eigenvalue weighted by molar-refractivity contribution is 6.31. The van der Waals surface area contributed by atoms with Crippen molar-refractivity contribution in [3.8, 4) is 0 Å². The van der Waals surface area contributed by atoms with Gasteiger partial charge in [-0.1, -0.05) is 11.6 Å². The standard InChI is InChI=1S/C25H22ClFN6O/c26-17-4-6-20-16(13-17)8-12-29-23(20)33(19-3-1-9-28-15-19)24(34)21-7-5-18(14-22(21)27)32-25-30-10-2-11-31-25/h2,4-8,10-14,19,28H,1,3,9,15H2,(H,30,31,32). The van der Waals surface area contributed by atoms with E-state index in [1.165, 1.54) is 12.1 Å². The summed E-state index contributed by atoms with van der Waals surface area (Å²) in [5.41, 5.74) is 0.418. The van der Waals surface area contributed by atoms with Crippen molar-refractivity contribution in [3.63, 3.8) is 0 Å². The van der Waals surface area contributed by atoms with Crippen LogP contribution in [-0.2, 0) is 0 Å². The number of pyridine rings is 1. The molecule has 2 aromatic carbocycles. The molecular weight excluding hydrogens is 455 g/mol. The Bertz CT molecular complexity index is 1330. The second kappa shape index (κ2) is 9.70. The number of anilines is 3. The summed E-state index contributed by atoms with van der Waals surface area (Å²) in [6.07, 6.45) is 6.52. The van der Waals surface area contributed by atoms with E-state index in [1.54, 1.807) is 41.7 Å². The van der Waals surface area contributed by atoms with Crippen LogP contribution in [0.2, 0.25) is 5.02 Å². The Kier molecular flexibility index (Phi) is 6.33. The molecule has 1 atom stereocenters. The van der Waals surface area contributed by atoms with Gasteiger partial charge < -0.3 is 10.6 Å². The first-order chi connectivity index (χ1) is 16.6. The maximum atomic E-state index is 15.2. The van der Waals surface area contributed by atoms with E-state index < -0.39 is 11.7 Å². The molecule has 1 aliphatic rings. The van der Waals surface area contributed by atoms with Crippen molar-refractivity contribution in [1.29, 1.82) is 0 Å². The quantitative estimate of drug-likeness (QED) is 0.423. The number of amides is 1. The summed E-state index contributed by atoms with van der Waals surface area (Å²) in [6.45, 7) is 1.48. The summed E-state index contributed by atoms with van der Waals surface area (Å²) in [5.74, 6) is -0.242. The Morgan fingerprint density at radius 2 is 1.94 bits per heavy atom. The van der Waals surface area contributed by atoms with E-state index in [-0.39, 0.29) is 11.6 Å². The number of rotatable bonds is 5. The molecule has 0 radical (unpaired) electrons. The van der Waals surface area contributed by atoms with Crippen molar-refractivity contribution in [3.05, 3.63) is 83.5 Å². The van der Waals surface area contributed by atoms with Crippen LogP contribution < -0.4 is 15.5 Å². The van der Waals surface area contributed by atoms with Gasteiger partial charge in [-0.15, -0.1) is 0 Å². The predicted octanol–water partition coefficient (Wildman–Crippen LogP) is 4.96. The topological polar surface area (TPSA) is 83.0 Å². The molecule has 4 aromatic rings. The highest BCUT2D eigenvalue weighted by Gasteiger charge is 2.31. The van der Waals surface area contributed by atoms with E-state index in [4.69, 9.17) is 11.6 Å². The van der Waals surface area contributed by atoms with E-state index in [0.29, 0.717) is 29.0 Å². The first kappa shape index (κ1) is 22.2. The average Bonchev–Trinajstić information content (AvgIpc) is 2.85. The lowest BCUT2D eigenvalue weighted by Crippen LogP contribution is -2.49. The molecule has 34 heavy (non-hydrogen) atoms. The Morgan fingerprint density at radius 3 is 2.71 bits per heavy atom. The Hall–Kier alpha value is -3.62. The molecule has 2 aromatic heterocycles. The Labute approximate surface area is 201 Å². The van der Waals surface area contributed by atoms with E-state index in [2.05, 4.69) is 25.6 Å². The molecule has 5 rings (SSSR count). The van der Waals surface area contributed by atoms with Crippen molar-refractivity contribution >= 4 is 45.7 Å². The molecular formula is C25H22ClFN6O. The number of benzene rings is 2. The van der Waals surface area contributed by atoms with Crippen molar-refractivity contribution in [2.75, 3.05) is 23.3 Å². The first-order valence-electron chi connectivity index (χ1n) is 11.0. The number of nitrogens with one attached hydrogen (secondary N) is 2. The maximum Gasteiger partial charge on any atom is 0.262 e. The molecule has 0 saturated carbocycles. The minimum atomic E-state index is -0.636. The van der Waals surface area contributed by atoms with Gasteiger partial charge in [0.1, 0.15) is 11.6 Å². The molecule has 0 spiro atoms. The Morgan fingerprint density at radius 1 is 1.09 bits per heavy atom. The fraction of sp³-hybridized carbons (Fsp3) is 0.200. The monoisotopic (exact) mass is 476 g/mol. The predicted molar refractivity (Wildman–Crippen MR) is 131 cm³/mol. The lowest BCUT2D eigenvalue weighted by Gasteiger charge is -2.34. The van der Waals surface area contributed by atoms with Crippen LogP contribution in [0.3, 0.4) is 0 Å². The van der Waals surface area contributed by atoms with Crippen LogP contribution in [0.4, 0.5) is 21.8 Å². The van der Waals surface area contributed by atoms with Gasteiger partial charge in [0.15, 0.2) is 0 Å². The van der Waals surface area contributed by atoms with Crippen LogP contribution in [0.25, 0.3) is 10.8 Å². The molecule has 0 aliphatic carbocycles. The molecule has 2 N–H and O–H groups in total. The number of aromatic nitrogens is 3. The van der Waals surface area contributed by atoms with Crippen LogP contribution in [0.5, 0.6) is 0 Å². The van der Waals surface area contributed by atoms with Gasteiger partial charge in [-0.3, -0.25) is 9.69 Å². The lowest BCUT2D eigenvalue weighted by atomic mass is 10.0. The van der Waals surface area contributed by atoms with Crippen LogP contribution in [0.15, 0.2) is 67.1 Å². The van der Waals surface area contributed by atoms with Gasteiger partial charge in [0, 0.05) is 41.2 Å². The van der Waals surface area contributed by atoms with Crippen molar-refractivity contribution in [2.45, 2.75) is 18.9 Å². The second-order valence-electron chi connectivity index (χ2n) is 8.07. The van der Waals surface area contributed by atoms with Gasteiger partial charge in [-0.25, -0.2) is 19.3 Å². The molecule has 1 unspecified atom stereocenters. The van der Waals surface area contributed by atoms with Crippen LogP contribution >= 0.6 is 11.6 Å². The largest absolute Gasteiger partial charge is 0.324 e. The maximum absolute atomic E-state index is 15.2. The Balaban J connectivity index is 1.53. The third-order valence-corrected chi connectivity index (χ3v) is 6.04. The molecule has 1 amide bonds. The summed E-state index contributed by atoms with van der Waals surface area (Å²) in [7, 11) is 0. The molecule has 172 valence electrons. The van der Waals surface area contributed by atoms with E-state index in [9.17, 15) is 4.79 Å². The first-order valence-corrected chi connectivity index (χ1v) is 11.4. The highest BCUT2D eigenvalue weighted by atomic mass is 35.5. The molecule has 9 heteroatoms. The number of piperidine rings is 1. The van der Waals surface area contributed by atoms with Gasteiger partial charge in [0.25, 0.3) is 5.91 Å². The number of carbonyl (C=O) groups excluding carboxylic acids is 1. The zero-order chi connectivity index (χ0) is 23.5. The van der Waals surface area contributed by atoms with Gasteiger partial charge in [0.05, 0.1) is 11.6 Å². The molecule has 1 fully saturated rings. The zero-order valence-electron chi connectivity index (χ0n) is 18.2. The van der Waals surface area contributed by atoms with Crippen molar-refractivity contribution < 1.29 is 9.18 Å². The number of hydrogen-bond acceptors (Lipinski definition) is 6. The number of hydrogen-bond donors (Lipinski definition) is 2. The summed E-state index contributed by atoms with van der Waals surface area (Å²) in [6, 6.07) is 13.2. The van der Waals surface area contributed by atoms with E-state index in [1.807, 2.05) is 18.2 Å². The fourth-order valence-corrected chi connectivity index (χ4v) is 4.38. The minimum absolute atomic E-state index is 0.0297. The van der Waals surface area contributed by atoms with Crippen LogP contribution in [0, 0.1) is 5.82 Å². The lowest BCUT2D eigenvalue weighted by molar-refractivity contribution is 0.0968.